The molecule has 5 N–H and O–H groups in total. The minimum Gasteiger partial charge on any atom is -0.399 e. The molecule has 0 spiro atoms. The van der Waals surface area contributed by atoms with E-state index >= 15 is 0 Å². The molecule has 5 heteroatoms. The van der Waals surface area contributed by atoms with E-state index in [-0.39, 0.29) is 24.5 Å². The Morgan fingerprint density at radius 3 is 2.85 bits per heavy atom. The maximum Gasteiger partial charge on any atom is 0.253 e. The van der Waals surface area contributed by atoms with Crippen LogP contribution in [-0.4, -0.2) is 30.7 Å². The molecule has 20 heavy (non-hydrogen) atoms. The van der Waals surface area contributed by atoms with Crippen LogP contribution in [0.15, 0.2) is 18.2 Å². The van der Waals surface area contributed by atoms with Gasteiger partial charge in [-0.2, -0.15) is 0 Å². The summed E-state index contributed by atoms with van der Waals surface area (Å²) < 4.78 is 0. The Bertz CT molecular complexity index is 476. The molecule has 1 aromatic carbocycles. The number of nitrogens with two attached hydrogens (primary N) is 1. The first-order chi connectivity index (χ1) is 9.65. The van der Waals surface area contributed by atoms with E-state index < -0.39 is 0 Å². The third kappa shape index (κ3) is 3.22. The average Bonchev–Trinajstić information content (AvgIpc) is 2.47. The quantitative estimate of drug-likeness (QED) is 0.629. The fourth-order valence-corrected chi connectivity index (χ4v) is 2.83. The monoisotopic (exact) mass is 277 g/mol. The Morgan fingerprint density at radius 2 is 2.15 bits per heavy atom. The van der Waals surface area contributed by atoms with Crippen LogP contribution in [0.5, 0.6) is 0 Å². The van der Waals surface area contributed by atoms with Gasteiger partial charge in [-0.3, -0.25) is 4.79 Å². The third-order valence-corrected chi connectivity index (χ3v) is 4.00. The number of hydrogen-bond acceptors (Lipinski definition) is 4. The molecule has 5 nitrogen and oxygen atoms in total. The molecule has 0 aromatic heterocycles. The van der Waals surface area contributed by atoms with Gasteiger partial charge >= 0.3 is 0 Å². The number of benzene rings is 1. The van der Waals surface area contributed by atoms with Gasteiger partial charge in [0.1, 0.15) is 0 Å². The smallest absolute Gasteiger partial charge is 0.253 e. The van der Waals surface area contributed by atoms with Crippen molar-refractivity contribution in [3.63, 3.8) is 0 Å². The average molecular weight is 277 g/mol. The maximum absolute atomic E-state index is 11.9. The number of hydrogen-bond donors (Lipinski definition) is 4. The maximum atomic E-state index is 11.9. The molecule has 1 fully saturated rings. The highest BCUT2D eigenvalue weighted by Crippen LogP contribution is 2.29. The zero-order valence-electron chi connectivity index (χ0n) is 11.9. The molecule has 110 valence electrons. The van der Waals surface area contributed by atoms with Gasteiger partial charge < -0.3 is 21.5 Å². The topological polar surface area (TPSA) is 87.4 Å². The number of nitrogen functional groups attached to an aromatic ring is 1. The van der Waals surface area contributed by atoms with Gasteiger partial charge in [0.2, 0.25) is 0 Å². The van der Waals surface area contributed by atoms with Crippen molar-refractivity contribution in [3.8, 4) is 0 Å². The minimum atomic E-state index is -0.135. The number of anilines is 2. The molecular weight excluding hydrogens is 254 g/mol. The Kier molecular flexibility index (Phi) is 4.84. The predicted molar refractivity (Wildman–Crippen MR) is 80.7 cm³/mol. The number of rotatable bonds is 4. The van der Waals surface area contributed by atoms with Gasteiger partial charge in [-0.25, -0.2) is 0 Å². The van der Waals surface area contributed by atoms with Gasteiger partial charge in [0.05, 0.1) is 5.56 Å². The van der Waals surface area contributed by atoms with Crippen molar-refractivity contribution < 1.29 is 9.90 Å². The summed E-state index contributed by atoms with van der Waals surface area (Å²) in [5.41, 5.74) is 7.77. The van der Waals surface area contributed by atoms with E-state index in [0.717, 1.165) is 31.4 Å². The van der Waals surface area contributed by atoms with Crippen molar-refractivity contribution in [1.29, 1.82) is 0 Å². The molecule has 2 unspecified atom stereocenters. The highest BCUT2D eigenvalue weighted by molar-refractivity contribution is 6.00. The van der Waals surface area contributed by atoms with Crippen LogP contribution in [0.1, 0.15) is 36.0 Å². The largest absolute Gasteiger partial charge is 0.399 e. The van der Waals surface area contributed by atoms with Gasteiger partial charge in [-0.1, -0.05) is 12.8 Å². The summed E-state index contributed by atoms with van der Waals surface area (Å²) in [6.45, 7) is 0.176. The van der Waals surface area contributed by atoms with Crippen molar-refractivity contribution in [2.45, 2.75) is 31.7 Å². The van der Waals surface area contributed by atoms with Crippen LogP contribution in [-0.2, 0) is 0 Å². The second kappa shape index (κ2) is 6.61. The predicted octanol–water partition coefficient (Wildman–Crippen LogP) is 1.59. The summed E-state index contributed by atoms with van der Waals surface area (Å²) in [5, 5.41) is 15.5. The second-order valence-corrected chi connectivity index (χ2v) is 5.36. The van der Waals surface area contributed by atoms with Gasteiger partial charge in [-0.05, 0) is 31.0 Å². The standard InChI is InChI=1S/C15H23N3O2/c1-17-15(20)12-7-6-11(16)8-14(12)18-13-5-3-2-4-10(13)9-19/h6-8,10,13,18-19H,2-5,9,16H2,1H3,(H,17,20). The fourth-order valence-electron chi connectivity index (χ4n) is 2.83. The summed E-state index contributed by atoms with van der Waals surface area (Å²) in [4.78, 5) is 11.9. The van der Waals surface area contributed by atoms with Crippen LogP contribution in [0.3, 0.4) is 0 Å². The lowest BCUT2D eigenvalue weighted by Gasteiger charge is -2.32. The van der Waals surface area contributed by atoms with Gasteiger partial charge in [0.15, 0.2) is 0 Å². The summed E-state index contributed by atoms with van der Waals surface area (Å²) in [6.07, 6.45) is 4.33. The first-order valence-electron chi connectivity index (χ1n) is 7.14. The first kappa shape index (κ1) is 14.7. The normalized spacial score (nSPS) is 22.3. The molecule has 0 heterocycles. The van der Waals surface area contributed by atoms with E-state index in [9.17, 15) is 9.90 Å². The highest BCUT2D eigenvalue weighted by Gasteiger charge is 2.25. The number of aliphatic hydroxyl groups excluding tert-OH is 1. The van der Waals surface area contributed by atoms with E-state index in [1.807, 2.05) is 0 Å². The molecule has 1 aromatic rings. The van der Waals surface area contributed by atoms with Crippen molar-refractivity contribution >= 4 is 17.3 Å². The van der Waals surface area contributed by atoms with E-state index in [0.29, 0.717) is 11.3 Å². The summed E-state index contributed by atoms with van der Waals surface area (Å²) in [6, 6.07) is 5.43. The van der Waals surface area contributed by atoms with E-state index in [1.165, 1.54) is 0 Å². The summed E-state index contributed by atoms with van der Waals surface area (Å²) in [7, 11) is 1.61. The molecule has 0 saturated heterocycles. The number of carbonyl (C=O) groups excluding carboxylic acids is 1. The van der Waals surface area contributed by atoms with Crippen LogP contribution < -0.4 is 16.4 Å². The van der Waals surface area contributed by atoms with E-state index in [1.54, 1.807) is 25.2 Å². The minimum absolute atomic E-state index is 0.135. The van der Waals surface area contributed by atoms with Crippen LogP contribution in [0.4, 0.5) is 11.4 Å². The SMILES string of the molecule is CNC(=O)c1ccc(N)cc1NC1CCCCC1CO. The van der Waals surface area contributed by atoms with Crippen LogP contribution >= 0.6 is 0 Å². The summed E-state index contributed by atoms with van der Waals surface area (Å²) in [5.74, 6) is 0.103. The Morgan fingerprint density at radius 1 is 1.40 bits per heavy atom. The number of amides is 1. The van der Waals surface area contributed by atoms with Gasteiger partial charge in [-0.15, -0.1) is 0 Å². The zero-order chi connectivity index (χ0) is 14.5. The Hall–Kier alpha value is -1.75. The van der Waals surface area contributed by atoms with Crippen molar-refractivity contribution in [2.24, 2.45) is 5.92 Å². The second-order valence-electron chi connectivity index (χ2n) is 5.36. The molecule has 1 aliphatic rings. The molecule has 1 aliphatic carbocycles. The summed E-state index contributed by atoms with van der Waals surface area (Å²) >= 11 is 0. The van der Waals surface area contributed by atoms with Crippen LogP contribution in [0.25, 0.3) is 0 Å². The van der Waals surface area contributed by atoms with Crippen LogP contribution in [0, 0.1) is 5.92 Å². The van der Waals surface area contributed by atoms with Crippen molar-refractivity contribution in [2.75, 3.05) is 24.7 Å². The third-order valence-electron chi connectivity index (χ3n) is 4.00. The molecule has 2 rings (SSSR count). The lowest BCUT2D eigenvalue weighted by Crippen LogP contribution is -2.35. The lowest BCUT2D eigenvalue weighted by atomic mass is 9.85. The first-order valence-corrected chi connectivity index (χ1v) is 7.14. The molecule has 0 radical (unpaired) electrons. The Labute approximate surface area is 119 Å². The number of aliphatic hydroxyl groups is 1. The fraction of sp³-hybridized carbons (Fsp3) is 0.533. The molecule has 0 bridgehead atoms. The molecule has 1 amide bonds. The lowest BCUT2D eigenvalue weighted by molar-refractivity contribution is 0.0964. The van der Waals surface area contributed by atoms with Gasteiger partial charge in [0.25, 0.3) is 5.91 Å². The van der Waals surface area contributed by atoms with Gasteiger partial charge in [0, 0.05) is 37.0 Å². The molecule has 2 atom stereocenters. The zero-order valence-corrected chi connectivity index (χ0v) is 11.9. The molecule has 0 aliphatic heterocycles. The Balaban J connectivity index is 2.22. The number of carbonyl (C=O) groups is 1. The number of nitrogens with one attached hydrogen (secondary N) is 2. The van der Waals surface area contributed by atoms with Crippen molar-refractivity contribution in [3.05, 3.63) is 23.8 Å². The highest BCUT2D eigenvalue weighted by atomic mass is 16.3. The van der Waals surface area contributed by atoms with E-state index in [4.69, 9.17) is 5.73 Å². The molecular formula is C15H23N3O2. The van der Waals surface area contributed by atoms with Crippen LogP contribution in [0.2, 0.25) is 0 Å². The van der Waals surface area contributed by atoms with Crippen molar-refractivity contribution in [1.82, 2.24) is 5.32 Å². The molecule has 1 saturated carbocycles. The van der Waals surface area contributed by atoms with E-state index in [2.05, 4.69) is 10.6 Å².